The Morgan fingerprint density at radius 3 is 2.53 bits per heavy atom. The van der Waals surface area contributed by atoms with E-state index in [1.54, 1.807) is 0 Å². The number of rotatable bonds is 4. The third kappa shape index (κ3) is 5.91. The molecule has 0 bridgehead atoms. The van der Waals surface area contributed by atoms with E-state index in [0.717, 1.165) is 31.8 Å². The molecule has 0 unspecified atom stereocenters. The second-order valence-electron chi connectivity index (χ2n) is 4.89. The first kappa shape index (κ1) is 14.3. The second kappa shape index (κ2) is 6.23. The van der Waals surface area contributed by atoms with Gasteiger partial charge >= 0.3 is 0 Å². The van der Waals surface area contributed by atoms with E-state index < -0.39 is 9.84 Å². The third-order valence-corrected chi connectivity index (χ3v) is 4.08. The van der Waals surface area contributed by atoms with Gasteiger partial charge in [0.05, 0.1) is 5.75 Å². The quantitative estimate of drug-likeness (QED) is 0.453. The van der Waals surface area contributed by atoms with E-state index >= 15 is 0 Å². The molecular formula is C11H23N3O2S. The summed E-state index contributed by atoms with van der Waals surface area (Å²) in [5.74, 6) is 1.51. The zero-order chi connectivity index (χ0) is 12.9. The molecule has 2 N–H and O–H groups in total. The van der Waals surface area contributed by atoms with Gasteiger partial charge in [-0.2, -0.15) is 0 Å². The normalized spacial score (nSPS) is 19.6. The molecule has 0 amide bonds. The van der Waals surface area contributed by atoms with Gasteiger partial charge in [-0.15, -0.1) is 0 Å². The highest BCUT2D eigenvalue weighted by atomic mass is 32.2. The van der Waals surface area contributed by atoms with Crippen molar-refractivity contribution in [3.63, 3.8) is 0 Å². The average Bonchev–Trinajstić information content (AvgIpc) is 2.24. The second-order valence-corrected chi connectivity index (χ2v) is 7.15. The summed E-state index contributed by atoms with van der Waals surface area (Å²) >= 11 is 0. The lowest BCUT2D eigenvalue weighted by atomic mass is 10.00. The van der Waals surface area contributed by atoms with Crippen molar-refractivity contribution in [2.75, 3.05) is 31.6 Å². The molecule has 0 spiro atoms. The molecule has 1 aliphatic rings. The SMILES string of the molecule is CC1CCN(C(N)=NCCCS(C)(=O)=O)CC1. The maximum atomic E-state index is 10.9. The van der Waals surface area contributed by atoms with Crippen LogP contribution < -0.4 is 5.73 Å². The number of likely N-dealkylation sites (tertiary alicyclic amines) is 1. The summed E-state index contributed by atoms with van der Waals surface area (Å²) in [6, 6.07) is 0. The highest BCUT2D eigenvalue weighted by Gasteiger charge is 2.16. The fourth-order valence-corrected chi connectivity index (χ4v) is 2.51. The van der Waals surface area contributed by atoms with E-state index in [1.165, 1.54) is 6.26 Å². The predicted octanol–water partition coefficient (Wildman–Crippen LogP) is 0.468. The van der Waals surface area contributed by atoms with Gasteiger partial charge in [0, 0.05) is 25.9 Å². The minimum Gasteiger partial charge on any atom is -0.370 e. The maximum Gasteiger partial charge on any atom is 0.191 e. The molecule has 1 fully saturated rings. The summed E-state index contributed by atoms with van der Waals surface area (Å²) in [7, 11) is -2.88. The van der Waals surface area contributed by atoms with Crippen LogP contribution in [-0.4, -0.2) is 50.9 Å². The minimum atomic E-state index is -2.88. The van der Waals surface area contributed by atoms with E-state index in [0.29, 0.717) is 18.9 Å². The summed E-state index contributed by atoms with van der Waals surface area (Å²) < 4.78 is 21.8. The van der Waals surface area contributed by atoms with Gasteiger partial charge in [0.1, 0.15) is 9.84 Å². The molecule has 0 aliphatic carbocycles. The van der Waals surface area contributed by atoms with Crippen molar-refractivity contribution in [3.8, 4) is 0 Å². The molecule has 0 aromatic rings. The minimum absolute atomic E-state index is 0.181. The van der Waals surface area contributed by atoms with Crippen molar-refractivity contribution < 1.29 is 8.42 Å². The Morgan fingerprint density at radius 1 is 1.41 bits per heavy atom. The van der Waals surface area contributed by atoms with E-state index in [9.17, 15) is 8.42 Å². The van der Waals surface area contributed by atoms with E-state index in [1.807, 2.05) is 0 Å². The zero-order valence-electron chi connectivity index (χ0n) is 10.7. The molecule has 6 heteroatoms. The van der Waals surface area contributed by atoms with Gasteiger partial charge < -0.3 is 10.6 Å². The lowest BCUT2D eigenvalue weighted by Crippen LogP contribution is -2.42. The summed E-state index contributed by atoms with van der Waals surface area (Å²) in [5.41, 5.74) is 5.87. The van der Waals surface area contributed by atoms with Crippen molar-refractivity contribution in [1.82, 2.24) is 4.90 Å². The molecule has 0 aromatic carbocycles. The van der Waals surface area contributed by atoms with E-state index in [-0.39, 0.29) is 5.75 Å². The molecule has 0 saturated carbocycles. The molecule has 0 atom stereocenters. The van der Waals surface area contributed by atoms with Crippen molar-refractivity contribution in [3.05, 3.63) is 0 Å². The summed E-state index contributed by atoms with van der Waals surface area (Å²) in [4.78, 5) is 6.32. The van der Waals surface area contributed by atoms with Gasteiger partial charge in [0.2, 0.25) is 0 Å². The maximum absolute atomic E-state index is 10.9. The molecular weight excluding hydrogens is 238 g/mol. The summed E-state index contributed by atoms with van der Waals surface area (Å²) in [6.07, 6.45) is 4.09. The number of aliphatic imine (C=N–C) groups is 1. The first-order valence-electron chi connectivity index (χ1n) is 6.11. The number of nitrogens with zero attached hydrogens (tertiary/aromatic N) is 2. The molecule has 1 heterocycles. The highest BCUT2D eigenvalue weighted by Crippen LogP contribution is 2.15. The van der Waals surface area contributed by atoms with Crippen molar-refractivity contribution in [2.24, 2.45) is 16.6 Å². The van der Waals surface area contributed by atoms with E-state index in [2.05, 4.69) is 16.8 Å². The first-order chi connectivity index (χ1) is 7.88. The Labute approximate surface area is 104 Å². The number of hydrogen-bond acceptors (Lipinski definition) is 3. The van der Waals surface area contributed by atoms with Crippen LogP contribution in [0.4, 0.5) is 0 Å². The lowest BCUT2D eigenvalue weighted by molar-refractivity contribution is 0.277. The predicted molar refractivity (Wildman–Crippen MR) is 70.8 cm³/mol. The van der Waals surface area contributed by atoms with Crippen LogP contribution in [-0.2, 0) is 9.84 Å². The number of piperidine rings is 1. The largest absolute Gasteiger partial charge is 0.370 e. The average molecular weight is 261 g/mol. The lowest BCUT2D eigenvalue weighted by Gasteiger charge is -2.31. The van der Waals surface area contributed by atoms with Crippen molar-refractivity contribution in [2.45, 2.75) is 26.2 Å². The first-order valence-corrected chi connectivity index (χ1v) is 8.17. The third-order valence-electron chi connectivity index (χ3n) is 3.05. The van der Waals surface area contributed by atoms with Gasteiger partial charge in [-0.3, -0.25) is 4.99 Å². The standard InChI is InChI=1S/C11H23N3O2S/c1-10-4-7-14(8-5-10)11(12)13-6-3-9-17(2,15)16/h10H,3-9H2,1-2H3,(H2,12,13). The van der Waals surface area contributed by atoms with Crippen LogP contribution in [0.3, 0.4) is 0 Å². The Kier molecular flexibility index (Phi) is 5.24. The number of sulfone groups is 1. The zero-order valence-corrected chi connectivity index (χ0v) is 11.5. The number of hydrogen-bond donors (Lipinski definition) is 1. The Balaban J connectivity index is 2.29. The Morgan fingerprint density at radius 2 is 2.00 bits per heavy atom. The van der Waals surface area contributed by atoms with E-state index in [4.69, 9.17) is 5.73 Å². The molecule has 0 aromatic heterocycles. The number of guanidine groups is 1. The van der Waals surface area contributed by atoms with Crippen LogP contribution in [0.15, 0.2) is 4.99 Å². The fourth-order valence-electron chi connectivity index (χ4n) is 1.86. The molecule has 0 radical (unpaired) electrons. The summed E-state index contributed by atoms with van der Waals surface area (Å²) in [5, 5.41) is 0. The van der Waals surface area contributed by atoms with Crippen LogP contribution in [0.1, 0.15) is 26.2 Å². The molecule has 17 heavy (non-hydrogen) atoms. The van der Waals surface area contributed by atoms with Crippen LogP contribution in [0.2, 0.25) is 0 Å². The molecule has 1 aliphatic heterocycles. The van der Waals surface area contributed by atoms with Crippen molar-refractivity contribution in [1.29, 1.82) is 0 Å². The molecule has 1 saturated heterocycles. The smallest absolute Gasteiger partial charge is 0.191 e. The monoisotopic (exact) mass is 261 g/mol. The topological polar surface area (TPSA) is 75.8 Å². The van der Waals surface area contributed by atoms with Gasteiger partial charge in [-0.05, 0) is 25.2 Å². The summed E-state index contributed by atoms with van der Waals surface area (Å²) in [6.45, 7) is 4.66. The Bertz CT molecular complexity index is 357. The van der Waals surface area contributed by atoms with Crippen LogP contribution >= 0.6 is 0 Å². The number of nitrogens with two attached hydrogens (primary N) is 1. The highest BCUT2D eigenvalue weighted by molar-refractivity contribution is 7.90. The van der Waals surface area contributed by atoms with Crippen molar-refractivity contribution >= 4 is 15.8 Å². The molecule has 100 valence electrons. The Hall–Kier alpha value is -0.780. The van der Waals surface area contributed by atoms with Crippen LogP contribution in [0.25, 0.3) is 0 Å². The van der Waals surface area contributed by atoms with Gasteiger partial charge in [0.15, 0.2) is 5.96 Å². The van der Waals surface area contributed by atoms with Gasteiger partial charge in [-0.1, -0.05) is 6.92 Å². The van der Waals surface area contributed by atoms with Gasteiger partial charge in [0.25, 0.3) is 0 Å². The van der Waals surface area contributed by atoms with Crippen LogP contribution in [0.5, 0.6) is 0 Å². The van der Waals surface area contributed by atoms with Gasteiger partial charge in [-0.25, -0.2) is 8.42 Å². The fraction of sp³-hybridized carbons (Fsp3) is 0.909. The molecule has 5 nitrogen and oxygen atoms in total. The molecule has 1 rings (SSSR count). The van der Waals surface area contributed by atoms with Crippen LogP contribution in [0, 0.1) is 5.92 Å².